The lowest BCUT2D eigenvalue weighted by molar-refractivity contribution is -0.138. The zero-order valence-corrected chi connectivity index (χ0v) is 11.1. The first-order valence-electron chi connectivity index (χ1n) is 5.92. The molecule has 0 bridgehead atoms. The van der Waals surface area contributed by atoms with Crippen LogP contribution in [0.3, 0.4) is 0 Å². The van der Waals surface area contributed by atoms with Crippen molar-refractivity contribution in [2.24, 2.45) is 5.73 Å². The van der Waals surface area contributed by atoms with Gasteiger partial charge in [0.05, 0.1) is 5.56 Å². The Morgan fingerprint density at radius 3 is 2.42 bits per heavy atom. The summed E-state index contributed by atoms with van der Waals surface area (Å²) in [6.45, 7) is 1.05. The summed E-state index contributed by atoms with van der Waals surface area (Å²) in [5.74, 6) is 1.11. The first-order chi connectivity index (χ1) is 8.91. The lowest BCUT2D eigenvalue weighted by atomic mass is 10.1. The first kappa shape index (κ1) is 14.3. The van der Waals surface area contributed by atoms with Gasteiger partial charge in [0.15, 0.2) is 0 Å². The lowest BCUT2D eigenvalue weighted by Gasteiger charge is -2.29. The molecule has 1 fully saturated rings. The Labute approximate surface area is 112 Å². The van der Waals surface area contributed by atoms with Gasteiger partial charge in [-0.3, -0.25) is 4.21 Å². The topological polar surface area (TPSA) is 46.3 Å². The first-order valence-corrected chi connectivity index (χ1v) is 7.40. The van der Waals surface area contributed by atoms with Gasteiger partial charge in [-0.05, 0) is 23.8 Å². The van der Waals surface area contributed by atoms with Crippen LogP contribution in [-0.4, -0.2) is 28.8 Å². The number of hydrogen-bond donors (Lipinski definition) is 1. The molecule has 1 aromatic rings. The van der Waals surface area contributed by atoms with E-state index in [1.165, 1.54) is 12.1 Å². The zero-order chi connectivity index (χ0) is 14.0. The monoisotopic (exact) mass is 292 g/mol. The Morgan fingerprint density at radius 2 is 1.89 bits per heavy atom. The molecule has 0 radical (unpaired) electrons. The molecule has 0 unspecified atom stereocenters. The third-order valence-corrected chi connectivity index (χ3v) is 4.43. The van der Waals surface area contributed by atoms with E-state index in [1.54, 1.807) is 0 Å². The summed E-state index contributed by atoms with van der Waals surface area (Å²) in [6, 6.07) is 4.01. The normalized spacial score (nSPS) is 17.8. The molecule has 3 nitrogen and oxygen atoms in total. The molecule has 0 atom stereocenters. The quantitative estimate of drug-likeness (QED) is 0.903. The highest BCUT2D eigenvalue weighted by molar-refractivity contribution is 7.85. The van der Waals surface area contributed by atoms with Gasteiger partial charge in [0.2, 0.25) is 0 Å². The molecule has 0 aliphatic carbocycles. The van der Waals surface area contributed by atoms with Crippen LogP contribution in [0.5, 0.6) is 0 Å². The van der Waals surface area contributed by atoms with E-state index in [-0.39, 0.29) is 12.1 Å². The second kappa shape index (κ2) is 5.50. The second-order valence-corrected chi connectivity index (χ2v) is 6.07. The van der Waals surface area contributed by atoms with Crippen LogP contribution in [0.15, 0.2) is 18.2 Å². The molecule has 0 aromatic heterocycles. The molecule has 0 saturated carbocycles. The third-order valence-electron chi connectivity index (χ3n) is 3.16. The van der Waals surface area contributed by atoms with E-state index in [2.05, 4.69) is 0 Å². The van der Waals surface area contributed by atoms with Crippen LogP contribution < -0.4 is 10.6 Å². The molecular formula is C12H15F3N2OS. The van der Waals surface area contributed by atoms with Gasteiger partial charge in [-0.2, -0.15) is 13.2 Å². The summed E-state index contributed by atoms with van der Waals surface area (Å²) in [5.41, 5.74) is 5.53. The van der Waals surface area contributed by atoms with Crippen molar-refractivity contribution >= 4 is 16.5 Å². The predicted octanol–water partition coefficient (Wildman–Crippen LogP) is 1.73. The lowest BCUT2D eigenvalue weighted by Crippen LogP contribution is -2.37. The second-order valence-electron chi connectivity index (χ2n) is 4.38. The minimum Gasteiger partial charge on any atom is -0.370 e. The summed E-state index contributed by atoms with van der Waals surface area (Å²) >= 11 is 0. The minimum atomic E-state index is -4.38. The largest absolute Gasteiger partial charge is 0.416 e. The van der Waals surface area contributed by atoms with Crippen molar-refractivity contribution in [1.82, 2.24) is 0 Å². The van der Waals surface area contributed by atoms with Crippen LogP contribution in [0.25, 0.3) is 0 Å². The van der Waals surface area contributed by atoms with Crippen molar-refractivity contribution in [1.29, 1.82) is 0 Å². The van der Waals surface area contributed by atoms with Crippen LogP contribution in [0.1, 0.15) is 11.1 Å². The van der Waals surface area contributed by atoms with Gasteiger partial charge in [-0.25, -0.2) is 0 Å². The number of nitrogens with two attached hydrogens (primary N) is 1. The Hall–Kier alpha value is -1.08. The average molecular weight is 292 g/mol. The maximum atomic E-state index is 12.8. The molecule has 2 rings (SSSR count). The number of halogens is 3. The van der Waals surface area contributed by atoms with Crippen molar-refractivity contribution in [3.63, 3.8) is 0 Å². The van der Waals surface area contributed by atoms with Crippen molar-refractivity contribution in [2.45, 2.75) is 12.7 Å². The highest BCUT2D eigenvalue weighted by atomic mass is 32.2. The van der Waals surface area contributed by atoms with Crippen molar-refractivity contribution in [2.75, 3.05) is 29.5 Å². The van der Waals surface area contributed by atoms with Gasteiger partial charge in [0, 0.05) is 47.6 Å². The van der Waals surface area contributed by atoms with E-state index >= 15 is 0 Å². The summed E-state index contributed by atoms with van der Waals surface area (Å²) in [7, 11) is -0.807. The number of alkyl halides is 3. The molecular weight excluding hydrogens is 277 g/mol. The average Bonchev–Trinajstić information content (AvgIpc) is 2.38. The number of nitrogens with zero attached hydrogens (tertiary/aromatic N) is 1. The van der Waals surface area contributed by atoms with Crippen LogP contribution >= 0.6 is 0 Å². The molecule has 0 spiro atoms. The molecule has 19 heavy (non-hydrogen) atoms. The van der Waals surface area contributed by atoms with E-state index in [0.29, 0.717) is 30.3 Å². The number of rotatable bonds is 2. The Bertz CT molecular complexity index is 480. The van der Waals surface area contributed by atoms with Gasteiger partial charge in [-0.15, -0.1) is 0 Å². The third kappa shape index (κ3) is 3.27. The molecule has 1 saturated heterocycles. The highest BCUT2D eigenvalue weighted by Crippen LogP contribution is 2.34. The van der Waals surface area contributed by atoms with Gasteiger partial charge in [-0.1, -0.05) is 0 Å². The van der Waals surface area contributed by atoms with E-state index in [0.717, 1.165) is 6.07 Å². The van der Waals surface area contributed by atoms with Crippen molar-refractivity contribution in [3.05, 3.63) is 29.3 Å². The Kier molecular flexibility index (Phi) is 4.15. The molecule has 1 heterocycles. The van der Waals surface area contributed by atoms with E-state index in [1.807, 2.05) is 4.90 Å². The van der Waals surface area contributed by atoms with E-state index in [9.17, 15) is 17.4 Å². The van der Waals surface area contributed by atoms with Crippen molar-refractivity contribution in [3.8, 4) is 0 Å². The van der Waals surface area contributed by atoms with Crippen LogP contribution in [0.4, 0.5) is 18.9 Å². The number of anilines is 1. The van der Waals surface area contributed by atoms with Crippen molar-refractivity contribution < 1.29 is 17.4 Å². The highest BCUT2D eigenvalue weighted by Gasteiger charge is 2.33. The maximum Gasteiger partial charge on any atom is 0.416 e. The molecule has 1 aliphatic heterocycles. The zero-order valence-electron chi connectivity index (χ0n) is 10.2. The summed E-state index contributed by atoms with van der Waals surface area (Å²) < 4.78 is 49.5. The predicted molar refractivity (Wildman–Crippen MR) is 69.4 cm³/mol. The van der Waals surface area contributed by atoms with Gasteiger partial charge in [0.1, 0.15) is 0 Å². The van der Waals surface area contributed by atoms with Gasteiger partial charge < -0.3 is 10.6 Å². The fourth-order valence-corrected chi connectivity index (χ4v) is 3.17. The van der Waals surface area contributed by atoms with Gasteiger partial charge >= 0.3 is 6.18 Å². The smallest absolute Gasteiger partial charge is 0.370 e. The van der Waals surface area contributed by atoms with Gasteiger partial charge in [0.25, 0.3) is 0 Å². The summed E-state index contributed by atoms with van der Waals surface area (Å²) in [5, 5.41) is 0. The van der Waals surface area contributed by atoms with E-state index in [4.69, 9.17) is 5.73 Å². The molecule has 106 valence electrons. The molecule has 0 amide bonds. The molecule has 1 aliphatic rings. The van der Waals surface area contributed by atoms with Crippen LogP contribution in [0, 0.1) is 0 Å². The Balaban J connectivity index is 2.26. The number of hydrogen-bond acceptors (Lipinski definition) is 3. The molecule has 1 aromatic carbocycles. The minimum absolute atomic E-state index is 0.0942. The SMILES string of the molecule is NCc1cc(N2CCS(=O)CC2)ccc1C(F)(F)F. The summed E-state index contributed by atoms with van der Waals surface area (Å²) in [4.78, 5) is 1.95. The molecule has 2 N–H and O–H groups in total. The standard InChI is InChI=1S/C12H15F3N2OS/c13-12(14,15)11-2-1-10(7-9(11)8-16)17-3-5-19(18)6-4-17/h1-2,7H,3-6,8,16H2. The summed E-state index contributed by atoms with van der Waals surface area (Å²) in [6.07, 6.45) is -4.38. The fraction of sp³-hybridized carbons (Fsp3) is 0.500. The fourth-order valence-electron chi connectivity index (χ4n) is 2.12. The maximum absolute atomic E-state index is 12.8. The Morgan fingerprint density at radius 1 is 1.26 bits per heavy atom. The molecule has 7 heteroatoms. The van der Waals surface area contributed by atoms with Crippen LogP contribution in [0.2, 0.25) is 0 Å². The van der Waals surface area contributed by atoms with Crippen LogP contribution in [-0.2, 0) is 23.5 Å². The van der Waals surface area contributed by atoms with E-state index < -0.39 is 22.5 Å². The number of benzene rings is 1.